The first kappa shape index (κ1) is 11.6. The van der Waals surface area contributed by atoms with E-state index in [1.54, 1.807) is 6.92 Å². The Hall–Kier alpha value is 1.79. The molecule has 0 radical (unpaired) electrons. The van der Waals surface area contributed by atoms with Crippen molar-refractivity contribution in [3.63, 3.8) is 0 Å². The van der Waals surface area contributed by atoms with E-state index in [9.17, 15) is 4.57 Å². The number of rotatable bonds is 2. The van der Waals surface area contributed by atoms with Crippen molar-refractivity contribution in [2.75, 3.05) is 6.61 Å². The van der Waals surface area contributed by atoms with Gasteiger partial charge >= 0.3 is 59.6 Å². The molecule has 3 nitrogen and oxygen atoms in total. The molecule has 1 atom stereocenters. The van der Waals surface area contributed by atoms with Crippen molar-refractivity contribution in [3.8, 4) is 0 Å². The molecule has 1 unspecified atom stereocenters. The fourth-order valence-electron chi connectivity index (χ4n) is 0.123. The minimum atomic E-state index is -2.64. The fraction of sp³-hybridized carbons (Fsp3) is 1.00. The molecule has 0 rings (SSSR count). The average molecular weight is 150 g/mol. The van der Waals surface area contributed by atoms with Crippen molar-refractivity contribution in [2.24, 2.45) is 0 Å². The molecule has 7 heavy (non-hydrogen) atoms. The molecule has 0 fully saturated rings. The van der Waals surface area contributed by atoms with Gasteiger partial charge in [-0.05, 0) is 6.92 Å². The summed E-state index contributed by atoms with van der Waals surface area (Å²) in [7, 11) is -2.64. The van der Waals surface area contributed by atoms with E-state index in [4.69, 9.17) is 4.89 Å². The second kappa shape index (κ2) is 7.79. The molecule has 1 N–H and O–H groups in total. The molecule has 40 valence electrons. The van der Waals surface area contributed by atoms with E-state index in [1.807, 2.05) is 0 Å². The van der Waals surface area contributed by atoms with Crippen LogP contribution in [0.25, 0.3) is 0 Å². The molecular weight excluding hydrogens is 142 g/mol. The van der Waals surface area contributed by atoms with Gasteiger partial charge in [0.25, 0.3) is 0 Å². The van der Waals surface area contributed by atoms with Crippen LogP contribution >= 0.6 is 8.25 Å². The molecule has 0 amide bonds. The first-order chi connectivity index (χ1) is 2.77. The van der Waals surface area contributed by atoms with Gasteiger partial charge in [-0.15, -0.1) is 0 Å². The SMILES string of the molecule is CCO[PH](=O)O.[KH]. The van der Waals surface area contributed by atoms with Crippen molar-refractivity contribution in [1.29, 1.82) is 0 Å². The summed E-state index contributed by atoms with van der Waals surface area (Å²) in [6.45, 7) is 1.98. The van der Waals surface area contributed by atoms with Crippen LogP contribution in [0.3, 0.4) is 0 Å². The fourth-order valence-corrected chi connectivity index (χ4v) is 0.370. The monoisotopic (exact) mass is 150 g/mol. The summed E-state index contributed by atoms with van der Waals surface area (Å²) >= 11 is 0. The summed E-state index contributed by atoms with van der Waals surface area (Å²) in [6, 6.07) is 0. The standard InChI is InChI=1S/C2H7O3P.K.H/c1-2-5-6(3)4;;/h6H,2H2,1H3,(H,3,4);;. The Morgan fingerprint density at radius 1 is 1.86 bits per heavy atom. The molecule has 0 aliphatic heterocycles. The second-order valence-corrected chi connectivity index (χ2v) is 1.52. The molecular formula is C2H8KO3P. The minimum absolute atomic E-state index is 0. The normalized spacial score (nSPS) is 12.3. The van der Waals surface area contributed by atoms with Crippen LogP contribution in [0, 0.1) is 0 Å². The Morgan fingerprint density at radius 3 is 2.29 bits per heavy atom. The summed E-state index contributed by atoms with van der Waals surface area (Å²) in [5, 5.41) is 0. The van der Waals surface area contributed by atoms with E-state index in [-0.39, 0.29) is 51.4 Å². The molecule has 0 aromatic heterocycles. The van der Waals surface area contributed by atoms with Crippen molar-refractivity contribution < 1.29 is 14.0 Å². The van der Waals surface area contributed by atoms with Crippen LogP contribution in [-0.4, -0.2) is 62.9 Å². The first-order valence-corrected chi connectivity index (χ1v) is 2.89. The molecule has 0 saturated heterocycles. The van der Waals surface area contributed by atoms with Gasteiger partial charge in [0, 0.05) is 0 Å². The average Bonchev–Trinajstić information content (AvgIpc) is 1.35. The van der Waals surface area contributed by atoms with Gasteiger partial charge < -0.3 is 9.42 Å². The summed E-state index contributed by atoms with van der Waals surface area (Å²) in [4.78, 5) is 7.88. The third kappa shape index (κ3) is 11.4. The van der Waals surface area contributed by atoms with E-state index in [0.717, 1.165) is 0 Å². The number of hydrogen-bond acceptors (Lipinski definition) is 2. The van der Waals surface area contributed by atoms with E-state index in [1.165, 1.54) is 0 Å². The Bertz CT molecular complexity index is 56.9. The van der Waals surface area contributed by atoms with E-state index in [0.29, 0.717) is 6.61 Å². The van der Waals surface area contributed by atoms with Crippen molar-refractivity contribution in [1.82, 2.24) is 0 Å². The van der Waals surface area contributed by atoms with Gasteiger partial charge in [0.2, 0.25) is 0 Å². The third-order valence-corrected chi connectivity index (χ3v) is 0.803. The van der Waals surface area contributed by atoms with E-state index in [2.05, 4.69) is 4.52 Å². The summed E-state index contributed by atoms with van der Waals surface area (Å²) in [5.41, 5.74) is 0. The van der Waals surface area contributed by atoms with Crippen LogP contribution in [0.2, 0.25) is 0 Å². The zero-order valence-electron chi connectivity index (χ0n) is 3.47. The molecule has 0 bridgehead atoms. The van der Waals surface area contributed by atoms with Crippen LogP contribution in [-0.2, 0) is 9.09 Å². The van der Waals surface area contributed by atoms with Gasteiger partial charge in [-0.2, -0.15) is 0 Å². The molecule has 0 aliphatic rings. The van der Waals surface area contributed by atoms with Crippen LogP contribution in [0.15, 0.2) is 0 Å². The molecule has 5 heteroatoms. The van der Waals surface area contributed by atoms with Crippen molar-refractivity contribution in [3.05, 3.63) is 0 Å². The van der Waals surface area contributed by atoms with Gasteiger partial charge in [0.15, 0.2) is 0 Å². The number of hydrogen-bond donors (Lipinski definition) is 1. The second-order valence-electron chi connectivity index (χ2n) is 0.699. The van der Waals surface area contributed by atoms with Gasteiger partial charge in [-0.25, -0.2) is 0 Å². The van der Waals surface area contributed by atoms with Crippen LogP contribution in [0.1, 0.15) is 6.92 Å². The zero-order chi connectivity index (χ0) is 4.99. The topological polar surface area (TPSA) is 46.5 Å². The molecule has 0 spiro atoms. The molecule has 0 aromatic rings. The van der Waals surface area contributed by atoms with Gasteiger partial charge in [0.1, 0.15) is 0 Å². The summed E-state index contributed by atoms with van der Waals surface area (Å²) < 4.78 is 13.7. The predicted molar refractivity (Wildman–Crippen MR) is 30.0 cm³/mol. The predicted octanol–water partition coefficient (Wildman–Crippen LogP) is -0.244. The van der Waals surface area contributed by atoms with Crippen molar-refractivity contribution >= 4 is 59.6 Å². The van der Waals surface area contributed by atoms with Gasteiger partial charge in [-0.1, -0.05) is 0 Å². The maximum atomic E-state index is 9.56. The molecule has 0 aromatic carbocycles. The van der Waals surface area contributed by atoms with Crippen LogP contribution < -0.4 is 0 Å². The molecule has 0 saturated carbocycles. The van der Waals surface area contributed by atoms with Crippen LogP contribution in [0.5, 0.6) is 0 Å². The zero-order valence-corrected chi connectivity index (χ0v) is 4.47. The Morgan fingerprint density at radius 2 is 2.29 bits per heavy atom. The summed E-state index contributed by atoms with van der Waals surface area (Å²) in [6.07, 6.45) is 0. The van der Waals surface area contributed by atoms with Crippen molar-refractivity contribution in [2.45, 2.75) is 6.92 Å². The van der Waals surface area contributed by atoms with Gasteiger partial charge in [0.05, 0.1) is 6.61 Å². The van der Waals surface area contributed by atoms with Crippen LogP contribution in [0.4, 0.5) is 0 Å². The maximum absolute atomic E-state index is 9.56. The van der Waals surface area contributed by atoms with E-state index < -0.39 is 8.25 Å². The Kier molecular flexibility index (Phi) is 12.9. The van der Waals surface area contributed by atoms with Gasteiger partial charge in [-0.3, -0.25) is 4.57 Å². The Balaban J connectivity index is 0. The summed E-state index contributed by atoms with van der Waals surface area (Å²) in [5.74, 6) is 0. The Labute approximate surface area is 85.8 Å². The first-order valence-electron chi connectivity index (χ1n) is 1.63. The van der Waals surface area contributed by atoms with E-state index >= 15 is 0 Å². The third-order valence-electron chi connectivity index (χ3n) is 0.268. The quantitative estimate of drug-likeness (QED) is 0.436. The molecule has 0 heterocycles. The molecule has 0 aliphatic carbocycles.